The van der Waals surface area contributed by atoms with Crippen LogP contribution in [0.2, 0.25) is 0 Å². The molecule has 2 aromatic heterocycles. The summed E-state index contributed by atoms with van der Waals surface area (Å²) in [7, 11) is 0. The molecule has 6 heteroatoms. The Bertz CT molecular complexity index is 1410. The van der Waals surface area contributed by atoms with Crippen LogP contribution in [0.4, 0.5) is 8.78 Å². The maximum absolute atomic E-state index is 13.5. The number of rotatable bonds is 6. The summed E-state index contributed by atoms with van der Waals surface area (Å²) in [6.07, 6.45) is 4.43. The molecule has 5 rings (SSSR count). The Balaban J connectivity index is 1.47. The Labute approximate surface area is 189 Å². The number of fused-ring (bicyclic) bond motifs is 1. The zero-order chi connectivity index (χ0) is 22.8. The van der Waals surface area contributed by atoms with Crippen molar-refractivity contribution >= 4 is 18.4 Å². The Morgan fingerprint density at radius 2 is 1.67 bits per heavy atom. The van der Waals surface area contributed by atoms with Crippen LogP contribution in [0.15, 0.2) is 82.3 Å². The molecule has 1 unspecified atom stereocenters. The molecule has 0 amide bonds. The zero-order valence-electron chi connectivity index (χ0n) is 17.7. The van der Waals surface area contributed by atoms with Gasteiger partial charge in [0, 0.05) is 22.4 Å². The number of furan rings is 1. The summed E-state index contributed by atoms with van der Waals surface area (Å²) in [6, 6.07) is 18.0. The third-order valence-electron chi connectivity index (χ3n) is 5.54. The highest BCUT2D eigenvalue weighted by Crippen LogP contribution is 2.31. The average molecular weight is 442 g/mol. The van der Waals surface area contributed by atoms with Crippen molar-refractivity contribution in [1.82, 2.24) is 4.98 Å². The van der Waals surface area contributed by atoms with Gasteiger partial charge in [-0.25, -0.2) is 8.78 Å². The second-order valence-electron chi connectivity index (χ2n) is 7.82. The van der Waals surface area contributed by atoms with Crippen molar-refractivity contribution in [1.29, 1.82) is 0 Å². The summed E-state index contributed by atoms with van der Waals surface area (Å²) in [5, 5.41) is 0.956. The number of nitrogens with zero attached hydrogens (tertiary/aromatic N) is 2. The lowest BCUT2D eigenvalue weighted by atomic mass is 9.87. The quantitative estimate of drug-likeness (QED) is 0.390. The lowest BCUT2D eigenvalue weighted by Gasteiger charge is -2.18. The standard InChI is InChI=1S/C27H20F2N2O2/c1-30-15-24-13-19-12-18(14-25(27(19)33-24)17-2-4-20(28)5-3-17)26-11-10-23(16-31-26)32-22-8-6-21(29)7-9-22/h2-13,16,18H,1,14-15H2. The van der Waals surface area contributed by atoms with Gasteiger partial charge >= 0.3 is 0 Å². The molecule has 0 saturated carbocycles. The van der Waals surface area contributed by atoms with E-state index in [1.807, 2.05) is 18.2 Å². The van der Waals surface area contributed by atoms with Crippen LogP contribution in [0.25, 0.3) is 11.6 Å². The van der Waals surface area contributed by atoms with Crippen molar-refractivity contribution in [2.75, 3.05) is 0 Å². The van der Waals surface area contributed by atoms with Gasteiger partial charge < -0.3 is 9.15 Å². The second kappa shape index (κ2) is 8.82. The van der Waals surface area contributed by atoms with Crippen molar-refractivity contribution in [3.8, 4) is 11.5 Å². The lowest BCUT2D eigenvalue weighted by Crippen LogP contribution is -2.28. The largest absolute Gasteiger partial charge is 0.459 e. The molecule has 1 aliphatic carbocycles. The van der Waals surface area contributed by atoms with E-state index in [2.05, 4.69) is 22.8 Å². The number of ether oxygens (including phenoxy) is 1. The Hall–Kier alpha value is -4.06. The van der Waals surface area contributed by atoms with Gasteiger partial charge in [-0.1, -0.05) is 18.2 Å². The minimum absolute atomic E-state index is 0.000403. The summed E-state index contributed by atoms with van der Waals surface area (Å²) in [5.41, 5.74) is 3.53. The number of hydrogen-bond donors (Lipinski definition) is 0. The van der Waals surface area contributed by atoms with Gasteiger partial charge in [-0.2, -0.15) is 0 Å². The molecular weight excluding hydrogens is 422 g/mol. The van der Waals surface area contributed by atoms with Crippen LogP contribution in [0.3, 0.4) is 0 Å². The van der Waals surface area contributed by atoms with Crippen molar-refractivity contribution in [3.05, 3.63) is 112 Å². The van der Waals surface area contributed by atoms with Crippen LogP contribution >= 0.6 is 0 Å². The summed E-state index contributed by atoms with van der Waals surface area (Å²) in [6.45, 7) is 3.93. The molecule has 2 heterocycles. The van der Waals surface area contributed by atoms with E-state index in [-0.39, 0.29) is 17.6 Å². The van der Waals surface area contributed by atoms with E-state index >= 15 is 0 Å². The third kappa shape index (κ3) is 4.46. The number of aliphatic imine (C=N–C) groups is 1. The second-order valence-corrected chi connectivity index (χ2v) is 7.82. The fourth-order valence-corrected chi connectivity index (χ4v) is 3.99. The first-order chi connectivity index (χ1) is 16.1. The third-order valence-corrected chi connectivity index (χ3v) is 5.54. The van der Waals surface area contributed by atoms with Crippen LogP contribution < -0.4 is 15.4 Å². The van der Waals surface area contributed by atoms with Gasteiger partial charge in [0.1, 0.15) is 34.3 Å². The van der Waals surface area contributed by atoms with E-state index in [0.717, 1.165) is 33.2 Å². The molecule has 0 spiro atoms. The molecule has 0 aliphatic heterocycles. The monoisotopic (exact) mass is 442 g/mol. The highest BCUT2D eigenvalue weighted by molar-refractivity contribution is 5.68. The summed E-state index contributed by atoms with van der Waals surface area (Å²) < 4.78 is 38.4. The van der Waals surface area contributed by atoms with Gasteiger partial charge in [-0.3, -0.25) is 9.98 Å². The number of aromatic nitrogens is 1. The van der Waals surface area contributed by atoms with Crippen molar-refractivity contribution in [3.63, 3.8) is 0 Å². The SMILES string of the molecule is C=NCc1cc2c(o1)=C(c1ccc(F)cc1)CC(c1ccc(Oc3ccc(F)cc3)cn1)C=2. The van der Waals surface area contributed by atoms with Gasteiger partial charge in [0.15, 0.2) is 0 Å². The predicted octanol–water partition coefficient (Wildman–Crippen LogP) is 5.11. The first kappa shape index (κ1) is 20.8. The highest BCUT2D eigenvalue weighted by atomic mass is 19.1. The maximum atomic E-state index is 13.5. The summed E-state index contributed by atoms with van der Waals surface area (Å²) in [5.74, 6) is 1.22. The normalized spacial score (nSPS) is 15.0. The Morgan fingerprint density at radius 1 is 0.970 bits per heavy atom. The molecule has 0 N–H and O–H groups in total. The van der Waals surface area contributed by atoms with E-state index in [4.69, 9.17) is 9.15 Å². The molecular formula is C27H20F2N2O2. The van der Waals surface area contributed by atoms with Crippen LogP contribution in [0, 0.1) is 11.6 Å². The number of pyridine rings is 1. The van der Waals surface area contributed by atoms with Crippen molar-refractivity contribution in [2.24, 2.45) is 4.99 Å². The van der Waals surface area contributed by atoms with Crippen LogP contribution in [0.5, 0.6) is 11.5 Å². The van der Waals surface area contributed by atoms with E-state index < -0.39 is 0 Å². The fourth-order valence-electron chi connectivity index (χ4n) is 3.99. The van der Waals surface area contributed by atoms with Gasteiger partial charge in [-0.05, 0) is 73.3 Å². The van der Waals surface area contributed by atoms with Crippen LogP contribution in [-0.4, -0.2) is 11.7 Å². The van der Waals surface area contributed by atoms with Gasteiger partial charge in [0.25, 0.3) is 0 Å². The number of hydrogen-bond acceptors (Lipinski definition) is 4. The Kier molecular flexibility index (Phi) is 5.57. The smallest absolute Gasteiger partial charge is 0.145 e. The van der Waals surface area contributed by atoms with Crippen molar-refractivity contribution < 1.29 is 17.9 Å². The molecule has 4 aromatic rings. The first-order valence-electron chi connectivity index (χ1n) is 10.5. The molecule has 0 fully saturated rings. The van der Waals surface area contributed by atoms with Gasteiger partial charge in [-0.15, -0.1) is 0 Å². The molecule has 33 heavy (non-hydrogen) atoms. The maximum Gasteiger partial charge on any atom is 0.145 e. The van der Waals surface area contributed by atoms with E-state index in [1.54, 1.807) is 30.5 Å². The highest BCUT2D eigenvalue weighted by Gasteiger charge is 2.21. The molecule has 0 bridgehead atoms. The molecule has 164 valence electrons. The van der Waals surface area contributed by atoms with Crippen LogP contribution in [0.1, 0.15) is 29.4 Å². The molecule has 1 aliphatic rings. The average Bonchev–Trinajstić information content (AvgIpc) is 3.24. The molecule has 4 nitrogen and oxygen atoms in total. The van der Waals surface area contributed by atoms with Gasteiger partial charge in [0.2, 0.25) is 0 Å². The van der Waals surface area contributed by atoms with E-state index in [1.165, 1.54) is 24.3 Å². The van der Waals surface area contributed by atoms with Crippen LogP contribution in [-0.2, 0) is 6.54 Å². The van der Waals surface area contributed by atoms with E-state index in [9.17, 15) is 8.78 Å². The molecule has 0 radical (unpaired) electrons. The minimum atomic E-state index is -0.317. The van der Waals surface area contributed by atoms with Crippen molar-refractivity contribution in [2.45, 2.75) is 18.9 Å². The summed E-state index contributed by atoms with van der Waals surface area (Å²) in [4.78, 5) is 8.53. The lowest BCUT2D eigenvalue weighted by molar-refractivity contribution is 0.476. The topological polar surface area (TPSA) is 47.6 Å². The van der Waals surface area contributed by atoms with Gasteiger partial charge in [0.05, 0.1) is 12.7 Å². The molecule has 0 saturated heterocycles. The van der Waals surface area contributed by atoms with E-state index in [0.29, 0.717) is 24.5 Å². The Morgan fingerprint density at radius 3 is 2.33 bits per heavy atom. The molecule has 2 aromatic carbocycles. The molecule has 1 atom stereocenters. The minimum Gasteiger partial charge on any atom is -0.459 e. The zero-order valence-corrected chi connectivity index (χ0v) is 17.7. The number of halogens is 2. The predicted molar refractivity (Wildman–Crippen MR) is 123 cm³/mol. The number of benzene rings is 2. The first-order valence-corrected chi connectivity index (χ1v) is 10.5. The fraction of sp³-hybridized carbons (Fsp3) is 0.111. The summed E-state index contributed by atoms with van der Waals surface area (Å²) >= 11 is 0.